The van der Waals surface area contributed by atoms with E-state index in [2.05, 4.69) is 11.4 Å². The van der Waals surface area contributed by atoms with Gasteiger partial charge in [-0.2, -0.15) is 0 Å². The summed E-state index contributed by atoms with van der Waals surface area (Å²) in [6.07, 6.45) is 0. The molecule has 162 valence electrons. The topological polar surface area (TPSA) is 64.0 Å². The second-order valence-corrected chi connectivity index (χ2v) is 9.27. The number of nitrogens with zero attached hydrogens (tertiary/aromatic N) is 2. The van der Waals surface area contributed by atoms with Gasteiger partial charge in [0.1, 0.15) is 0 Å². The number of hydrogen-bond acceptors (Lipinski definition) is 4. The largest absolute Gasteiger partial charge is 0.325 e. The van der Waals surface area contributed by atoms with Gasteiger partial charge in [-0.1, -0.05) is 48.2 Å². The van der Waals surface area contributed by atoms with Crippen LogP contribution in [0.1, 0.15) is 23.6 Å². The summed E-state index contributed by atoms with van der Waals surface area (Å²) in [7, 11) is 0. The van der Waals surface area contributed by atoms with E-state index >= 15 is 0 Å². The second-order valence-electron chi connectivity index (χ2n) is 7.96. The molecule has 1 N–H and O–H groups in total. The minimum Gasteiger partial charge on any atom is -0.325 e. The van der Waals surface area contributed by atoms with Gasteiger partial charge in [-0.25, -0.2) is 4.98 Å². The third kappa shape index (κ3) is 4.46. The van der Waals surface area contributed by atoms with Gasteiger partial charge >= 0.3 is 0 Å². The van der Waals surface area contributed by atoms with Crippen molar-refractivity contribution in [2.75, 3.05) is 5.32 Å². The molecule has 1 aromatic heterocycles. The Morgan fingerprint density at radius 1 is 0.969 bits per heavy atom. The fraction of sp³-hybridized carbons (Fsp3) is 0.192. The summed E-state index contributed by atoms with van der Waals surface area (Å²) in [6, 6.07) is 21.0. The molecule has 0 radical (unpaired) electrons. The van der Waals surface area contributed by atoms with Crippen molar-refractivity contribution in [1.29, 1.82) is 0 Å². The highest BCUT2D eigenvalue weighted by atomic mass is 32.2. The first kappa shape index (κ1) is 21.8. The van der Waals surface area contributed by atoms with E-state index in [9.17, 15) is 9.59 Å². The molecule has 3 aromatic carbocycles. The van der Waals surface area contributed by atoms with Crippen molar-refractivity contribution >= 4 is 34.3 Å². The standard InChI is InChI=1S/C26H25N3O2S/c1-16-13-17(2)15-20(14-16)29-25(31)21-10-6-8-12-23(21)28-26(29)32-19(4)24(30)27-22-11-7-5-9-18(22)3/h5-15,19H,1-4H3,(H,27,30). The normalized spacial score (nSPS) is 12.0. The van der Waals surface area contributed by atoms with Gasteiger partial charge in [-0.05, 0) is 74.7 Å². The van der Waals surface area contributed by atoms with Crippen LogP contribution in [0.4, 0.5) is 5.69 Å². The molecule has 1 heterocycles. The summed E-state index contributed by atoms with van der Waals surface area (Å²) in [5, 5.41) is 3.57. The van der Waals surface area contributed by atoms with Crippen LogP contribution in [0.15, 0.2) is 76.7 Å². The van der Waals surface area contributed by atoms with Gasteiger partial charge in [-0.15, -0.1) is 0 Å². The average molecular weight is 444 g/mol. The number of amides is 1. The molecule has 0 fully saturated rings. The molecule has 5 nitrogen and oxygen atoms in total. The number of aryl methyl sites for hydroxylation is 3. The van der Waals surface area contributed by atoms with E-state index in [-0.39, 0.29) is 11.5 Å². The average Bonchev–Trinajstić information content (AvgIpc) is 2.74. The Morgan fingerprint density at radius 2 is 1.62 bits per heavy atom. The lowest BCUT2D eigenvalue weighted by Crippen LogP contribution is -2.26. The Kier molecular flexibility index (Phi) is 6.15. The number of hydrogen-bond donors (Lipinski definition) is 1. The lowest BCUT2D eigenvalue weighted by atomic mass is 10.1. The third-order valence-electron chi connectivity index (χ3n) is 5.26. The molecule has 0 aliphatic carbocycles. The van der Waals surface area contributed by atoms with Crippen molar-refractivity contribution in [2.45, 2.75) is 38.1 Å². The first-order valence-corrected chi connectivity index (χ1v) is 11.3. The Bertz CT molecular complexity index is 1360. The molecule has 0 aliphatic heterocycles. The predicted octanol–water partition coefficient (Wildman–Crippen LogP) is 5.43. The number of benzene rings is 3. The zero-order valence-electron chi connectivity index (χ0n) is 18.5. The fourth-order valence-electron chi connectivity index (χ4n) is 3.66. The van der Waals surface area contributed by atoms with Crippen LogP contribution in [0, 0.1) is 20.8 Å². The lowest BCUT2D eigenvalue weighted by Gasteiger charge is -2.17. The van der Waals surface area contributed by atoms with Crippen LogP contribution >= 0.6 is 11.8 Å². The Labute approximate surface area is 191 Å². The molecule has 0 bridgehead atoms. The summed E-state index contributed by atoms with van der Waals surface area (Å²) in [5.41, 5.74) is 5.11. The molecule has 4 rings (SSSR count). The van der Waals surface area contributed by atoms with Gasteiger partial charge in [0.05, 0.1) is 21.8 Å². The molecule has 0 saturated carbocycles. The number of carbonyl (C=O) groups is 1. The van der Waals surface area contributed by atoms with Gasteiger partial charge in [-0.3, -0.25) is 14.2 Å². The van der Waals surface area contributed by atoms with E-state index in [0.29, 0.717) is 16.1 Å². The Balaban J connectivity index is 1.76. The summed E-state index contributed by atoms with van der Waals surface area (Å²) < 4.78 is 1.62. The maximum absolute atomic E-state index is 13.5. The van der Waals surface area contributed by atoms with E-state index in [1.807, 2.05) is 82.3 Å². The van der Waals surface area contributed by atoms with Gasteiger partial charge in [0.15, 0.2) is 5.16 Å². The molecule has 32 heavy (non-hydrogen) atoms. The van der Waals surface area contributed by atoms with Gasteiger partial charge < -0.3 is 5.32 Å². The van der Waals surface area contributed by atoms with Gasteiger partial charge in [0, 0.05) is 5.69 Å². The molecule has 0 saturated heterocycles. The molecule has 1 amide bonds. The minimum atomic E-state index is -0.458. The van der Waals surface area contributed by atoms with Crippen molar-refractivity contribution in [3.8, 4) is 5.69 Å². The molecular formula is C26H25N3O2S. The van der Waals surface area contributed by atoms with Crippen molar-refractivity contribution < 1.29 is 4.79 Å². The number of para-hydroxylation sites is 2. The number of nitrogens with one attached hydrogen (secondary N) is 1. The minimum absolute atomic E-state index is 0.140. The molecule has 1 unspecified atom stereocenters. The van der Waals surface area contributed by atoms with Crippen molar-refractivity contribution in [3.05, 3.63) is 93.8 Å². The van der Waals surface area contributed by atoms with Crippen LogP contribution in [0.3, 0.4) is 0 Å². The predicted molar refractivity (Wildman–Crippen MR) is 132 cm³/mol. The smallest absolute Gasteiger partial charge is 0.266 e. The Hall–Kier alpha value is -3.38. The lowest BCUT2D eigenvalue weighted by molar-refractivity contribution is -0.115. The highest BCUT2D eigenvalue weighted by Gasteiger charge is 2.21. The monoisotopic (exact) mass is 443 g/mol. The number of anilines is 1. The number of carbonyl (C=O) groups excluding carboxylic acids is 1. The van der Waals surface area contributed by atoms with Crippen LogP contribution in [-0.2, 0) is 4.79 Å². The molecule has 1 atom stereocenters. The van der Waals surface area contributed by atoms with Crippen molar-refractivity contribution in [2.24, 2.45) is 0 Å². The van der Waals surface area contributed by atoms with Crippen LogP contribution < -0.4 is 10.9 Å². The first-order valence-electron chi connectivity index (χ1n) is 10.5. The highest BCUT2D eigenvalue weighted by Crippen LogP contribution is 2.27. The third-order valence-corrected chi connectivity index (χ3v) is 6.32. The van der Waals surface area contributed by atoms with Crippen molar-refractivity contribution in [1.82, 2.24) is 9.55 Å². The second kappa shape index (κ2) is 9.01. The number of thioether (sulfide) groups is 1. The number of rotatable bonds is 5. The number of aromatic nitrogens is 2. The number of fused-ring (bicyclic) bond motifs is 1. The first-order chi connectivity index (χ1) is 15.3. The van der Waals surface area contributed by atoms with E-state index < -0.39 is 5.25 Å². The van der Waals surface area contributed by atoms with E-state index in [1.54, 1.807) is 10.6 Å². The molecule has 4 aromatic rings. The summed E-state index contributed by atoms with van der Waals surface area (Å²) in [6.45, 7) is 7.78. The molecular weight excluding hydrogens is 418 g/mol. The fourth-order valence-corrected chi connectivity index (χ4v) is 4.58. The van der Waals surface area contributed by atoms with Crippen LogP contribution in [0.2, 0.25) is 0 Å². The summed E-state index contributed by atoms with van der Waals surface area (Å²) in [4.78, 5) is 31.2. The zero-order chi connectivity index (χ0) is 22.8. The Morgan fingerprint density at radius 3 is 2.34 bits per heavy atom. The molecule has 6 heteroatoms. The van der Waals surface area contributed by atoms with Crippen LogP contribution in [0.25, 0.3) is 16.6 Å². The van der Waals surface area contributed by atoms with Crippen LogP contribution in [0.5, 0.6) is 0 Å². The maximum Gasteiger partial charge on any atom is 0.266 e. The quantitative estimate of drug-likeness (QED) is 0.330. The van der Waals surface area contributed by atoms with E-state index in [0.717, 1.165) is 28.1 Å². The van der Waals surface area contributed by atoms with E-state index in [4.69, 9.17) is 4.98 Å². The van der Waals surface area contributed by atoms with E-state index in [1.165, 1.54) is 11.8 Å². The summed E-state index contributed by atoms with van der Waals surface area (Å²) in [5.74, 6) is -0.140. The zero-order valence-corrected chi connectivity index (χ0v) is 19.4. The van der Waals surface area contributed by atoms with Crippen LogP contribution in [-0.4, -0.2) is 20.7 Å². The maximum atomic E-state index is 13.5. The molecule has 0 spiro atoms. The van der Waals surface area contributed by atoms with Crippen molar-refractivity contribution in [3.63, 3.8) is 0 Å². The SMILES string of the molecule is Cc1cc(C)cc(-n2c(SC(C)C(=O)Nc3ccccc3C)nc3ccccc3c2=O)c1. The summed E-state index contributed by atoms with van der Waals surface area (Å²) >= 11 is 1.28. The highest BCUT2D eigenvalue weighted by molar-refractivity contribution is 8.00. The van der Waals surface area contributed by atoms with Gasteiger partial charge in [0.2, 0.25) is 5.91 Å². The molecule has 0 aliphatic rings. The van der Waals surface area contributed by atoms with Gasteiger partial charge in [0.25, 0.3) is 5.56 Å².